The Kier molecular flexibility index (Phi) is 9.32. The van der Waals surface area contributed by atoms with Crippen LogP contribution in [0, 0.1) is 5.92 Å². The number of thioether (sulfide) groups is 1. The summed E-state index contributed by atoms with van der Waals surface area (Å²) in [5.41, 5.74) is 2.46. The second-order valence-electron chi connectivity index (χ2n) is 7.75. The smallest absolute Gasteiger partial charge is 0.232 e. The third-order valence-corrected chi connectivity index (χ3v) is 6.20. The topological polar surface area (TPSA) is 58.6 Å². The molecule has 2 rings (SSSR count). The highest BCUT2D eigenvalue weighted by Crippen LogP contribution is 2.25. The van der Waals surface area contributed by atoms with E-state index in [2.05, 4.69) is 57.3 Å². The zero-order valence-electron chi connectivity index (χ0n) is 17.6. The van der Waals surface area contributed by atoms with E-state index in [1.165, 1.54) is 17.3 Å². The summed E-state index contributed by atoms with van der Waals surface area (Å²) in [6.45, 7) is 11.1. The van der Waals surface area contributed by atoms with E-state index < -0.39 is 0 Å². The van der Waals surface area contributed by atoms with E-state index in [0.717, 1.165) is 12.0 Å². The van der Waals surface area contributed by atoms with Gasteiger partial charge < -0.3 is 15.0 Å². The predicted octanol–water partition coefficient (Wildman–Crippen LogP) is 3.61. The number of carbonyl (C=O) groups is 2. The summed E-state index contributed by atoms with van der Waals surface area (Å²) in [6.07, 6.45) is 1.12. The van der Waals surface area contributed by atoms with Gasteiger partial charge in [-0.1, -0.05) is 52.0 Å². The van der Waals surface area contributed by atoms with Crippen LogP contribution in [0.25, 0.3) is 0 Å². The molecule has 1 aliphatic rings. The van der Waals surface area contributed by atoms with Gasteiger partial charge >= 0.3 is 0 Å². The molecule has 1 fully saturated rings. The van der Waals surface area contributed by atoms with Crippen LogP contribution in [0.2, 0.25) is 0 Å². The van der Waals surface area contributed by atoms with Gasteiger partial charge in [-0.2, -0.15) is 0 Å². The summed E-state index contributed by atoms with van der Waals surface area (Å²) >= 11 is 1.38. The van der Waals surface area contributed by atoms with Gasteiger partial charge in [0.05, 0.1) is 30.8 Å². The minimum absolute atomic E-state index is 0.0194. The molecule has 1 aromatic carbocycles. The van der Waals surface area contributed by atoms with Gasteiger partial charge in [-0.3, -0.25) is 9.59 Å². The molecule has 156 valence electrons. The summed E-state index contributed by atoms with van der Waals surface area (Å²) in [5, 5.41) is 3.14. The van der Waals surface area contributed by atoms with Crippen molar-refractivity contribution in [3.8, 4) is 0 Å². The second-order valence-corrected chi connectivity index (χ2v) is 8.74. The number of hydrogen-bond acceptors (Lipinski definition) is 4. The van der Waals surface area contributed by atoms with Crippen LogP contribution in [-0.2, 0) is 14.3 Å². The first-order valence-corrected chi connectivity index (χ1v) is 11.4. The molecule has 2 amide bonds. The Hall–Kier alpha value is -1.53. The Labute approximate surface area is 173 Å². The fourth-order valence-electron chi connectivity index (χ4n) is 3.25. The van der Waals surface area contributed by atoms with Crippen LogP contribution in [0.5, 0.6) is 0 Å². The van der Waals surface area contributed by atoms with E-state index >= 15 is 0 Å². The van der Waals surface area contributed by atoms with Gasteiger partial charge in [0.2, 0.25) is 11.8 Å². The van der Waals surface area contributed by atoms with Crippen molar-refractivity contribution in [2.24, 2.45) is 5.92 Å². The van der Waals surface area contributed by atoms with E-state index in [4.69, 9.17) is 4.74 Å². The molecule has 0 aliphatic carbocycles. The van der Waals surface area contributed by atoms with Crippen molar-refractivity contribution in [1.29, 1.82) is 0 Å². The molecule has 28 heavy (non-hydrogen) atoms. The summed E-state index contributed by atoms with van der Waals surface area (Å²) in [5.74, 6) is 1.53. The summed E-state index contributed by atoms with van der Waals surface area (Å²) in [6, 6.07) is 8.57. The number of benzene rings is 1. The van der Waals surface area contributed by atoms with Crippen LogP contribution < -0.4 is 5.32 Å². The lowest BCUT2D eigenvalue weighted by atomic mass is 9.92. The number of ether oxygens (including phenoxy) is 1. The number of rotatable bonds is 9. The molecule has 0 saturated carbocycles. The van der Waals surface area contributed by atoms with Gasteiger partial charge in [-0.15, -0.1) is 11.8 Å². The second kappa shape index (κ2) is 11.5. The van der Waals surface area contributed by atoms with Crippen molar-refractivity contribution >= 4 is 23.6 Å². The van der Waals surface area contributed by atoms with E-state index in [1.54, 1.807) is 0 Å². The fourth-order valence-corrected chi connectivity index (χ4v) is 3.98. The van der Waals surface area contributed by atoms with Crippen molar-refractivity contribution in [2.75, 3.05) is 37.8 Å². The third kappa shape index (κ3) is 6.82. The van der Waals surface area contributed by atoms with Crippen molar-refractivity contribution in [3.05, 3.63) is 35.4 Å². The third-order valence-electron chi connectivity index (χ3n) is 5.28. The predicted molar refractivity (Wildman–Crippen MR) is 116 cm³/mol. The average Bonchev–Trinajstić information content (AvgIpc) is 2.72. The van der Waals surface area contributed by atoms with Crippen LogP contribution in [-0.4, -0.2) is 54.5 Å². The Balaban J connectivity index is 1.84. The molecule has 1 heterocycles. The maximum Gasteiger partial charge on any atom is 0.232 e. The monoisotopic (exact) mass is 406 g/mol. The van der Waals surface area contributed by atoms with Gasteiger partial charge in [0.25, 0.3) is 0 Å². The quantitative estimate of drug-likeness (QED) is 0.681. The average molecular weight is 407 g/mol. The molecule has 1 N–H and O–H groups in total. The number of nitrogens with one attached hydrogen (secondary N) is 1. The fraction of sp³-hybridized carbons (Fsp3) is 0.636. The molecule has 1 aromatic rings. The first-order valence-electron chi connectivity index (χ1n) is 10.2. The molecular formula is C22H34N2O3S. The number of carbonyl (C=O) groups excluding carboxylic acids is 2. The van der Waals surface area contributed by atoms with Crippen LogP contribution in [0.4, 0.5) is 0 Å². The summed E-state index contributed by atoms with van der Waals surface area (Å²) in [4.78, 5) is 26.4. The normalized spacial score (nSPS) is 16.7. The molecule has 0 aromatic heterocycles. The van der Waals surface area contributed by atoms with Crippen LogP contribution >= 0.6 is 11.8 Å². The first kappa shape index (κ1) is 22.8. The van der Waals surface area contributed by atoms with Gasteiger partial charge in [0, 0.05) is 13.1 Å². The minimum atomic E-state index is -0.0236. The van der Waals surface area contributed by atoms with Crippen molar-refractivity contribution in [3.63, 3.8) is 0 Å². The number of nitrogens with zero attached hydrogens (tertiary/aromatic N) is 1. The van der Waals surface area contributed by atoms with Crippen molar-refractivity contribution < 1.29 is 14.3 Å². The zero-order valence-corrected chi connectivity index (χ0v) is 18.4. The number of amides is 2. The SMILES string of the molecule is CCC(C)c1ccc(C(NC(=O)CSCC(=O)N2CCOCC2)C(C)C)cc1. The lowest BCUT2D eigenvalue weighted by molar-refractivity contribution is -0.132. The van der Waals surface area contributed by atoms with E-state index in [1.807, 2.05) is 4.90 Å². The van der Waals surface area contributed by atoms with Gasteiger partial charge in [0.15, 0.2) is 0 Å². The van der Waals surface area contributed by atoms with Crippen LogP contribution in [0.1, 0.15) is 57.2 Å². The highest BCUT2D eigenvalue weighted by Gasteiger charge is 2.20. The van der Waals surface area contributed by atoms with E-state index in [9.17, 15) is 9.59 Å². The molecule has 2 atom stereocenters. The van der Waals surface area contributed by atoms with Gasteiger partial charge in [-0.05, 0) is 29.4 Å². The van der Waals surface area contributed by atoms with Gasteiger partial charge in [-0.25, -0.2) is 0 Å². The maximum atomic E-state index is 12.4. The Morgan fingerprint density at radius 3 is 2.25 bits per heavy atom. The minimum Gasteiger partial charge on any atom is -0.378 e. The summed E-state index contributed by atoms with van der Waals surface area (Å²) < 4.78 is 5.26. The Morgan fingerprint density at radius 1 is 1.07 bits per heavy atom. The standard InChI is InChI=1S/C22H34N2O3S/c1-5-17(4)18-6-8-19(9-7-18)22(16(2)3)23-20(25)14-28-15-21(26)24-10-12-27-13-11-24/h6-9,16-17,22H,5,10-15H2,1-4H3,(H,23,25). The highest BCUT2D eigenvalue weighted by atomic mass is 32.2. The molecule has 2 unspecified atom stereocenters. The van der Waals surface area contributed by atoms with Crippen molar-refractivity contribution in [2.45, 2.75) is 46.1 Å². The zero-order chi connectivity index (χ0) is 20.5. The molecule has 0 bridgehead atoms. The molecule has 0 radical (unpaired) electrons. The largest absolute Gasteiger partial charge is 0.378 e. The molecule has 5 nitrogen and oxygen atoms in total. The molecule has 1 saturated heterocycles. The highest BCUT2D eigenvalue weighted by molar-refractivity contribution is 8.00. The van der Waals surface area contributed by atoms with Gasteiger partial charge in [0.1, 0.15) is 0 Å². The maximum absolute atomic E-state index is 12.4. The van der Waals surface area contributed by atoms with Crippen LogP contribution in [0.15, 0.2) is 24.3 Å². The van der Waals surface area contributed by atoms with Crippen LogP contribution in [0.3, 0.4) is 0 Å². The Morgan fingerprint density at radius 2 is 1.68 bits per heavy atom. The summed E-state index contributed by atoms with van der Waals surface area (Å²) in [7, 11) is 0. The molecule has 1 aliphatic heterocycles. The molecule has 0 spiro atoms. The van der Waals surface area contributed by atoms with Crippen molar-refractivity contribution in [1.82, 2.24) is 10.2 Å². The van der Waals surface area contributed by atoms with E-state index in [0.29, 0.717) is 49.6 Å². The first-order chi connectivity index (χ1) is 13.4. The lowest BCUT2D eigenvalue weighted by Crippen LogP contribution is -2.41. The van der Waals surface area contributed by atoms with E-state index in [-0.39, 0.29) is 17.9 Å². The number of hydrogen-bond donors (Lipinski definition) is 1. The molecular weight excluding hydrogens is 372 g/mol. The molecule has 6 heteroatoms. The number of morpholine rings is 1. The lowest BCUT2D eigenvalue weighted by Gasteiger charge is -2.26. The Bertz CT molecular complexity index is 627.